The molecule has 0 radical (unpaired) electrons. The van der Waals surface area contributed by atoms with Crippen LogP contribution in [0.4, 0.5) is 0 Å². The largest absolute Gasteiger partial charge is 0.480 e. The quantitative estimate of drug-likeness (QED) is 0.395. The second-order valence-electron chi connectivity index (χ2n) is 3.72. The molecule has 0 aromatic heterocycles. The minimum Gasteiger partial charge on any atom is -0.480 e. The maximum atomic E-state index is 5.47. The van der Waals surface area contributed by atoms with Crippen molar-refractivity contribution in [2.75, 3.05) is 0 Å². The first-order valence-corrected chi connectivity index (χ1v) is 3.85. The molecule has 2 unspecified atom stereocenters. The van der Waals surface area contributed by atoms with Gasteiger partial charge in [-0.25, -0.2) is 0 Å². The van der Waals surface area contributed by atoms with Gasteiger partial charge in [0.05, 0.1) is 0 Å². The lowest BCUT2D eigenvalue weighted by molar-refractivity contribution is 0.294. The Kier molecular flexibility index (Phi) is 0.534. The molecule has 1 saturated heterocycles. The van der Waals surface area contributed by atoms with Gasteiger partial charge in [-0.05, 0) is 18.9 Å². The first-order valence-electron chi connectivity index (χ1n) is 3.85. The van der Waals surface area contributed by atoms with Gasteiger partial charge < -0.3 is 4.74 Å². The number of hydrogen-bond acceptors (Lipinski definition) is 1. The second kappa shape index (κ2) is 1.07. The molecular weight excluding hydrogens is 124 g/mol. The van der Waals surface area contributed by atoms with E-state index in [4.69, 9.17) is 4.74 Å². The molecule has 2 bridgehead atoms. The summed E-state index contributed by atoms with van der Waals surface area (Å²) in [5, 5.41) is 0. The maximum absolute atomic E-state index is 5.47. The predicted octanol–water partition coefficient (Wildman–Crippen LogP) is 2.01. The lowest BCUT2D eigenvalue weighted by atomic mass is 9.88. The molecule has 1 aliphatic heterocycles. The highest BCUT2D eigenvalue weighted by Gasteiger charge is 2.66. The first kappa shape index (κ1) is 5.00. The molecule has 3 aliphatic rings. The number of fused-ring (bicyclic) bond motifs is 1. The van der Waals surface area contributed by atoms with Crippen molar-refractivity contribution < 1.29 is 4.74 Å². The van der Waals surface area contributed by atoms with Gasteiger partial charge in [-0.3, -0.25) is 0 Å². The van der Waals surface area contributed by atoms with E-state index in [-0.39, 0.29) is 5.60 Å². The lowest BCUT2D eigenvalue weighted by Gasteiger charge is -2.16. The minimum absolute atomic E-state index is 0.230. The topological polar surface area (TPSA) is 12.5 Å². The molecule has 1 spiro atoms. The highest BCUT2D eigenvalue weighted by Crippen LogP contribution is 2.67. The lowest BCUT2D eigenvalue weighted by Crippen LogP contribution is -2.07. The van der Waals surface area contributed by atoms with Crippen LogP contribution >= 0.6 is 0 Å². The molecule has 0 amide bonds. The van der Waals surface area contributed by atoms with Crippen LogP contribution in [-0.2, 0) is 4.74 Å². The standard InChI is InChI=1S/C9H10O/c1-2-8-3-4-9(6-8)7(5-8)10-9/h2,5H,1,3-4,6H2. The summed E-state index contributed by atoms with van der Waals surface area (Å²) in [7, 11) is 0. The van der Waals surface area contributed by atoms with Crippen LogP contribution in [0.1, 0.15) is 19.3 Å². The molecule has 10 heavy (non-hydrogen) atoms. The highest BCUT2D eigenvalue weighted by molar-refractivity contribution is 5.42. The smallest absolute Gasteiger partial charge is 0.166 e. The Labute approximate surface area is 60.4 Å². The van der Waals surface area contributed by atoms with Crippen molar-refractivity contribution in [3.05, 3.63) is 24.5 Å². The van der Waals surface area contributed by atoms with E-state index in [1.54, 1.807) is 0 Å². The zero-order valence-corrected chi connectivity index (χ0v) is 5.89. The molecule has 0 N–H and O–H groups in total. The number of allylic oxidation sites excluding steroid dienone is 2. The summed E-state index contributed by atoms with van der Waals surface area (Å²) < 4.78 is 5.47. The van der Waals surface area contributed by atoms with Gasteiger partial charge in [-0.1, -0.05) is 6.08 Å². The fraction of sp³-hybridized carbons (Fsp3) is 0.556. The Bertz CT molecular complexity index is 253. The molecule has 1 heteroatoms. The number of hydrogen-bond donors (Lipinski definition) is 0. The van der Waals surface area contributed by atoms with Gasteiger partial charge >= 0.3 is 0 Å². The van der Waals surface area contributed by atoms with Crippen LogP contribution in [-0.4, -0.2) is 5.60 Å². The van der Waals surface area contributed by atoms with E-state index in [2.05, 4.69) is 18.7 Å². The van der Waals surface area contributed by atoms with E-state index in [1.807, 2.05) is 0 Å². The third-order valence-corrected chi connectivity index (χ3v) is 3.15. The Morgan fingerprint density at radius 2 is 2.50 bits per heavy atom. The van der Waals surface area contributed by atoms with Crippen molar-refractivity contribution in [1.29, 1.82) is 0 Å². The van der Waals surface area contributed by atoms with E-state index in [0.717, 1.165) is 0 Å². The van der Waals surface area contributed by atoms with E-state index in [9.17, 15) is 0 Å². The highest BCUT2D eigenvalue weighted by atomic mass is 16.6. The fourth-order valence-electron chi connectivity index (χ4n) is 2.40. The molecule has 3 rings (SSSR count). The average Bonchev–Trinajstić information content (AvgIpc) is 2.37. The summed E-state index contributed by atoms with van der Waals surface area (Å²) >= 11 is 0. The summed E-state index contributed by atoms with van der Waals surface area (Å²) in [5.41, 5.74) is 0.571. The monoisotopic (exact) mass is 134 g/mol. The van der Waals surface area contributed by atoms with Crippen LogP contribution in [0, 0.1) is 5.41 Å². The molecule has 2 atom stereocenters. The van der Waals surface area contributed by atoms with Crippen LogP contribution in [0.2, 0.25) is 0 Å². The van der Waals surface area contributed by atoms with E-state index >= 15 is 0 Å². The molecule has 52 valence electrons. The molecule has 0 aromatic carbocycles. The average molecular weight is 134 g/mol. The predicted molar refractivity (Wildman–Crippen MR) is 38.4 cm³/mol. The summed E-state index contributed by atoms with van der Waals surface area (Å²) in [6.07, 6.45) is 8.01. The van der Waals surface area contributed by atoms with Gasteiger partial charge in [0.1, 0.15) is 5.76 Å². The van der Waals surface area contributed by atoms with E-state index in [0.29, 0.717) is 5.41 Å². The summed E-state index contributed by atoms with van der Waals surface area (Å²) in [4.78, 5) is 0. The molecule has 1 saturated carbocycles. The normalized spacial score (nSPS) is 53.4. The minimum atomic E-state index is 0.230. The van der Waals surface area contributed by atoms with Crippen molar-refractivity contribution in [2.45, 2.75) is 24.9 Å². The van der Waals surface area contributed by atoms with Gasteiger partial charge in [0.2, 0.25) is 0 Å². The molecule has 2 aliphatic carbocycles. The number of epoxide rings is 1. The number of ether oxygens (including phenoxy) is 1. The summed E-state index contributed by atoms with van der Waals surface area (Å²) in [5.74, 6) is 1.25. The van der Waals surface area contributed by atoms with Gasteiger partial charge in [-0.2, -0.15) is 0 Å². The fourth-order valence-corrected chi connectivity index (χ4v) is 2.40. The van der Waals surface area contributed by atoms with Crippen LogP contribution in [0.3, 0.4) is 0 Å². The van der Waals surface area contributed by atoms with Gasteiger partial charge in [0.25, 0.3) is 0 Å². The van der Waals surface area contributed by atoms with Crippen molar-refractivity contribution in [1.82, 2.24) is 0 Å². The van der Waals surface area contributed by atoms with Gasteiger partial charge in [0.15, 0.2) is 5.60 Å². The summed E-state index contributed by atoms with van der Waals surface area (Å²) in [6, 6.07) is 0. The molecular formula is C9H10O. The van der Waals surface area contributed by atoms with Crippen molar-refractivity contribution in [2.24, 2.45) is 5.41 Å². The Morgan fingerprint density at radius 1 is 1.60 bits per heavy atom. The van der Waals surface area contributed by atoms with Crippen LogP contribution < -0.4 is 0 Å². The van der Waals surface area contributed by atoms with Crippen molar-refractivity contribution >= 4 is 0 Å². The SMILES string of the molecule is C=CC12C=C3OC3(CC1)C2. The van der Waals surface area contributed by atoms with Crippen molar-refractivity contribution in [3.8, 4) is 0 Å². The molecule has 2 fully saturated rings. The Morgan fingerprint density at radius 3 is 2.90 bits per heavy atom. The van der Waals surface area contributed by atoms with E-state index < -0.39 is 0 Å². The first-order chi connectivity index (χ1) is 4.79. The third kappa shape index (κ3) is 0.335. The Balaban J connectivity index is 2.15. The third-order valence-electron chi connectivity index (χ3n) is 3.15. The second-order valence-corrected chi connectivity index (χ2v) is 3.72. The van der Waals surface area contributed by atoms with Crippen LogP contribution in [0.5, 0.6) is 0 Å². The molecule has 1 nitrogen and oxygen atoms in total. The van der Waals surface area contributed by atoms with Gasteiger partial charge in [0, 0.05) is 11.8 Å². The summed E-state index contributed by atoms with van der Waals surface area (Å²) in [6.45, 7) is 3.86. The molecule has 1 heterocycles. The zero-order valence-electron chi connectivity index (χ0n) is 5.89. The maximum Gasteiger partial charge on any atom is 0.166 e. The molecule has 0 aromatic rings. The van der Waals surface area contributed by atoms with Gasteiger partial charge in [-0.15, -0.1) is 6.58 Å². The van der Waals surface area contributed by atoms with E-state index in [1.165, 1.54) is 25.0 Å². The van der Waals surface area contributed by atoms with Crippen molar-refractivity contribution in [3.63, 3.8) is 0 Å². The van der Waals surface area contributed by atoms with Crippen LogP contribution in [0.15, 0.2) is 24.5 Å². The zero-order chi connectivity index (χ0) is 6.82. The Hall–Kier alpha value is -0.720. The number of rotatable bonds is 1. The van der Waals surface area contributed by atoms with Crippen LogP contribution in [0.25, 0.3) is 0 Å².